The second-order valence-corrected chi connectivity index (χ2v) is 4.54. The maximum absolute atomic E-state index is 12.2. The summed E-state index contributed by atoms with van der Waals surface area (Å²) in [7, 11) is 0. The summed E-state index contributed by atoms with van der Waals surface area (Å²) in [4.78, 5) is 18.3. The normalized spacial score (nSPS) is 10.5. The largest absolute Gasteiger partial charge is 0.370 e. The first-order valence-electron chi connectivity index (χ1n) is 6.61. The van der Waals surface area contributed by atoms with Crippen LogP contribution in [0.4, 0.5) is 5.82 Å². The van der Waals surface area contributed by atoms with Gasteiger partial charge in [0.05, 0.1) is 5.56 Å². The molecule has 0 unspecified atom stereocenters. The predicted molar refractivity (Wildman–Crippen MR) is 74.9 cm³/mol. The summed E-state index contributed by atoms with van der Waals surface area (Å²) in [6.07, 6.45) is 2.70. The van der Waals surface area contributed by atoms with E-state index in [9.17, 15) is 4.79 Å². The molecule has 1 N–H and O–H groups in total. The van der Waals surface area contributed by atoms with Crippen LogP contribution in [0.25, 0.3) is 0 Å². The number of nitrogens with zero attached hydrogens (tertiary/aromatic N) is 2. The van der Waals surface area contributed by atoms with Crippen LogP contribution in [0, 0.1) is 0 Å². The number of pyridine rings is 1. The first-order chi connectivity index (χ1) is 8.60. The van der Waals surface area contributed by atoms with Crippen molar-refractivity contribution in [2.45, 2.75) is 40.2 Å². The van der Waals surface area contributed by atoms with Gasteiger partial charge in [0, 0.05) is 25.3 Å². The zero-order valence-corrected chi connectivity index (χ0v) is 11.7. The molecule has 100 valence electrons. The summed E-state index contributed by atoms with van der Waals surface area (Å²) in [5.74, 6) is 0.864. The fraction of sp³-hybridized carbons (Fsp3) is 0.571. The number of rotatable bonds is 6. The molecule has 0 radical (unpaired) electrons. The van der Waals surface area contributed by atoms with Gasteiger partial charge in [0.1, 0.15) is 5.82 Å². The van der Waals surface area contributed by atoms with Crippen LogP contribution in [-0.2, 0) is 0 Å². The van der Waals surface area contributed by atoms with Gasteiger partial charge in [-0.05, 0) is 39.3 Å². The van der Waals surface area contributed by atoms with E-state index in [0.29, 0.717) is 12.1 Å². The first kappa shape index (κ1) is 14.5. The molecule has 18 heavy (non-hydrogen) atoms. The molecule has 0 spiro atoms. The summed E-state index contributed by atoms with van der Waals surface area (Å²) in [5.41, 5.74) is 0.646. The van der Waals surface area contributed by atoms with E-state index in [4.69, 9.17) is 0 Å². The fourth-order valence-corrected chi connectivity index (χ4v) is 1.79. The summed E-state index contributed by atoms with van der Waals surface area (Å²) in [6, 6.07) is 3.90. The third kappa shape index (κ3) is 3.72. The number of nitrogens with one attached hydrogen (secondary N) is 1. The van der Waals surface area contributed by atoms with Gasteiger partial charge in [-0.15, -0.1) is 0 Å². The minimum absolute atomic E-state index is 0.0436. The average molecular weight is 249 g/mol. The first-order valence-corrected chi connectivity index (χ1v) is 6.61. The number of amides is 1. The molecule has 0 aromatic carbocycles. The van der Waals surface area contributed by atoms with Crippen LogP contribution in [-0.4, -0.2) is 34.9 Å². The van der Waals surface area contributed by atoms with E-state index in [-0.39, 0.29) is 11.9 Å². The highest BCUT2D eigenvalue weighted by molar-refractivity contribution is 5.94. The standard InChI is InChI=1S/C14H23N3O/c1-5-9-15-13-8-7-12(10-16-13)14(18)17(6-2)11(3)4/h7-8,10-11H,5-6,9H2,1-4H3,(H,15,16). The molecular formula is C14H23N3O. The van der Waals surface area contributed by atoms with Crippen LogP contribution in [0.2, 0.25) is 0 Å². The second kappa shape index (κ2) is 6.99. The van der Waals surface area contributed by atoms with Crippen molar-refractivity contribution in [3.63, 3.8) is 0 Å². The lowest BCUT2D eigenvalue weighted by atomic mass is 10.2. The average Bonchev–Trinajstić information content (AvgIpc) is 2.37. The van der Waals surface area contributed by atoms with Gasteiger partial charge < -0.3 is 10.2 Å². The molecule has 0 atom stereocenters. The monoisotopic (exact) mass is 249 g/mol. The van der Waals surface area contributed by atoms with Crippen LogP contribution < -0.4 is 5.32 Å². The number of carbonyl (C=O) groups excluding carboxylic acids is 1. The smallest absolute Gasteiger partial charge is 0.255 e. The molecule has 4 heteroatoms. The molecule has 0 aliphatic rings. The Kier molecular flexibility index (Phi) is 5.62. The van der Waals surface area contributed by atoms with Gasteiger partial charge in [-0.1, -0.05) is 6.92 Å². The molecular weight excluding hydrogens is 226 g/mol. The number of aromatic nitrogens is 1. The van der Waals surface area contributed by atoms with Gasteiger partial charge in [-0.3, -0.25) is 4.79 Å². The molecule has 0 aliphatic heterocycles. The van der Waals surface area contributed by atoms with Gasteiger partial charge in [-0.2, -0.15) is 0 Å². The van der Waals surface area contributed by atoms with Crippen molar-refractivity contribution >= 4 is 11.7 Å². The zero-order valence-electron chi connectivity index (χ0n) is 11.7. The van der Waals surface area contributed by atoms with E-state index < -0.39 is 0 Å². The molecule has 0 saturated carbocycles. The highest BCUT2D eigenvalue weighted by Crippen LogP contribution is 2.10. The van der Waals surface area contributed by atoms with Crippen molar-refractivity contribution in [1.29, 1.82) is 0 Å². The molecule has 1 heterocycles. The summed E-state index contributed by atoms with van der Waals surface area (Å²) < 4.78 is 0. The summed E-state index contributed by atoms with van der Waals surface area (Å²) >= 11 is 0. The molecule has 4 nitrogen and oxygen atoms in total. The molecule has 0 bridgehead atoms. The maximum Gasteiger partial charge on any atom is 0.255 e. The Bertz CT molecular complexity index is 373. The molecule has 1 aromatic rings. The minimum Gasteiger partial charge on any atom is -0.370 e. The van der Waals surface area contributed by atoms with E-state index in [0.717, 1.165) is 18.8 Å². The Balaban J connectivity index is 2.75. The Morgan fingerprint density at radius 2 is 2.11 bits per heavy atom. The van der Waals surface area contributed by atoms with Gasteiger partial charge in [0.15, 0.2) is 0 Å². The van der Waals surface area contributed by atoms with Crippen LogP contribution >= 0.6 is 0 Å². The van der Waals surface area contributed by atoms with E-state index in [1.807, 2.05) is 37.8 Å². The van der Waals surface area contributed by atoms with E-state index in [1.165, 1.54) is 0 Å². The molecule has 1 rings (SSSR count). The van der Waals surface area contributed by atoms with Crippen LogP contribution in [0.5, 0.6) is 0 Å². The maximum atomic E-state index is 12.2. The second-order valence-electron chi connectivity index (χ2n) is 4.54. The molecule has 1 amide bonds. The predicted octanol–water partition coefficient (Wildman–Crippen LogP) is 2.77. The Morgan fingerprint density at radius 1 is 1.39 bits per heavy atom. The third-order valence-corrected chi connectivity index (χ3v) is 2.79. The van der Waals surface area contributed by atoms with Crippen molar-refractivity contribution in [2.24, 2.45) is 0 Å². The molecule has 0 fully saturated rings. The summed E-state index contributed by atoms with van der Waals surface area (Å²) in [6.45, 7) is 9.74. The quantitative estimate of drug-likeness (QED) is 0.843. The number of hydrogen-bond donors (Lipinski definition) is 1. The van der Waals surface area contributed by atoms with Crippen LogP contribution in [0.3, 0.4) is 0 Å². The van der Waals surface area contributed by atoms with Crippen molar-refractivity contribution in [3.8, 4) is 0 Å². The fourth-order valence-electron chi connectivity index (χ4n) is 1.79. The van der Waals surface area contributed by atoms with Crippen molar-refractivity contribution in [2.75, 3.05) is 18.4 Å². The van der Waals surface area contributed by atoms with Crippen molar-refractivity contribution < 1.29 is 4.79 Å². The number of carbonyl (C=O) groups is 1. The SMILES string of the molecule is CCCNc1ccc(C(=O)N(CC)C(C)C)cn1. The van der Waals surface area contributed by atoms with Crippen molar-refractivity contribution in [3.05, 3.63) is 23.9 Å². The van der Waals surface area contributed by atoms with E-state index in [2.05, 4.69) is 17.2 Å². The summed E-state index contributed by atoms with van der Waals surface area (Å²) in [5, 5.41) is 3.19. The Hall–Kier alpha value is -1.58. The minimum atomic E-state index is 0.0436. The third-order valence-electron chi connectivity index (χ3n) is 2.79. The lowest BCUT2D eigenvalue weighted by molar-refractivity contribution is 0.0716. The van der Waals surface area contributed by atoms with E-state index in [1.54, 1.807) is 6.20 Å². The zero-order chi connectivity index (χ0) is 13.5. The lowest BCUT2D eigenvalue weighted by Gasteiger charge is -2.25. The highest BCUT2D eigenvalue weighted by Gasteiger charge is 2.16. The van der Waals surface area contributed by atoms with Crippen LogP contribution in [0.1, 0.15) is 44.5 Å². The highest BCUT2D eigenvalue weighted by atomic mass is 16.2. The van der Waals surface area contributed by atoms with E-state index >= 15 is 0 Å². The Morgan fingerprint density at radius 3 is 2.56 bits per heavy atom. The number of hydrogen-bond acceptors (Lipinski definition) is 3. The van der Waals surface area contributed by atoms with Gasteiger partial charge in [0.25, 0.3) is 5.91 Å². The molecule has 0 aliphatic carbocycles. The molecule has 0 saturated heterocycles. The van der Waals surface area contributed by atoms with Gasteiger partial charge in [0.2, 0.25) is 0 Å². The lowest BCUT2D eigenvalue weighted by Crippen LogP contribution is -2.36. The molecule has 1 aromatic heterocycles. The van der Waals surface area contributed by atoms with Crippen molar-refractivity contribution in [1.82, 2.24) is 9.88 Å². The van der Waals surface area contributed by atoms with Gasteiger partial charge >= 0.3 is 0 Å². The van der Waals surface area contributed by atoms with Gasteiger partial charge in [-0.25, -0.2) is 4.98 Å². The number of anilines is 1. The topological polar surface area (TPSA) is 45.2 Å². The van der Waals surface area contributed by atoms with Crippen LogP contribution in [0.15, 0.2) is 18.3 Å². The Labute approximate surface area is 109 Å².